The van der Waals surface area contributed by atoms with Gasteiger partial charge in [0.15, 0.2) is 5.75 Å². The number of nitro groups is 1. The van der Waals surface area contributed by atoms with Crippen molar-refractivity contribution in [2.75, 3.05) is 12.5 Å². The molecule has 0 atom stereocenters. The summed E-state index contributed by atoms with van der Waals surface area (Å²) in [5, 5.41) is 10.8. The van der Waals surface area contributed by atoms with E-state index < -0.39 is 42.3 Å². The van der Waals surface area contributed by atoms with Gasteiger partial charge >= 0.3 is 25.9 Å². The lowest BCUT2D eigenvalue weighted by Gasteiger charge is -2.09. The van der Waals surface area contributed by atoms with Crippen molar-refractivity contribution < 1.29 is 30.1 Å². The average molecular weight is 311 g/mol. The van der Waals surface area contributed by atoms with Gasteiger partial charge < -0.3 is 8.37 Å². The standard InChI is InChI=1S/C8H9NO8S2/c1-18(12,13)16-7-5-3-4-6(9(10)11)8(7)17-19(2,14)15/h3-5H,1-2H3. The Kier molecular flexibility index (Phi) is 4.00. The zero-order valence-corrected chi connectivity index (χ0v) is 11.4. The molecule has 0 unspecified atom stereocenters. The van der Waals surface area contributed by atoms with Crippen molar-refractivity contribution in [3.8, 4) is 11.5 Å². The first-order valence-corrected chi connectivity index (χ1v) is 8.19. The Morgan fingerprint density at radius 2 is 1.58 bits per heavy atom. The number of nitro benzene ring substituents is 1. The summed E-state index contributed by atoms with van der Waals surface area (Å²) in [6.07, 6.45) is 1.37. The van der Waals surface area contributed by atoms with Gasteiger partial charge in [0.05, 0.1) is 17.4 Å². The second kappa shape index (κ2) is 5.01. The summed E-state index contributed by atoms with van der Waals surface area (Å²) in [4.78, 5) is 9.83. The normalized spacial score (nSPS) is 11.9. The van der Waals surface area contributed by atoms with Crippen LogP contribution in [-0.2, 0) is 20.2 Å². The summed E-state index contributed by atoms with van der Waals surface area (Å²) in [6, 6.07) is 3.12. The number of rotatable bonds is 5. The first-order chi connectivity index (χ1) is 8.49. The molecule has 0 radical (unpaired) electrons. The Labute approximate surface area is 109 Å². The Balaban J connectivity index is 3.46. The van der Waals surface area contributed by atoms with Crippen LogP contribution in [0.4, 0.5) is 5.69 Å². The summed E-state index contributed by atoms with van der Waals surface area (Å²) in [7, 11) is -8.09. The van der Waals surface area contributed by atoms with E-state index in [0.29, 0.717) is 12.5 Å². The lowest BCUT2D eigenvalue weighted by atomic mass is 10.3. The monoisotopic (exact) mass is 311 g/mol. The van der Waals surface area contributed by atoms with Gasteiger partial charge in [0.2, 0.25) is 0 Å². The molecule has 11 heteroatoms. The maximum Gasteiger partial charge on any atom is 0.316 e. The molecule has 0 aliphatic carbocycles. The van der Waals surface area contributed by atoms with Gasteiger partial charge in [0, 0.05) is 6.07 Å². The fraction of sp³-hybridized carbons (Fsp3) is 0.250. The second-order valence-electron chi connectivity index (χ2n) is 3.44. The van der Waals surface area contributed by atoms with E-state index >= 15 is 0 Å². The first kappa shape index (κ1) is 15.2. The minimum Gasteiger partial charge on any atom is -0.378 e. The van der Waals surface area contributed by atoms with Crippen LogP contribution in [0.5, 0.6) is 11.5 Å². The van der Waals surface area contributed by atoms with E-state index in [2.05, 4.69) is 8.37 Å². The van der Waals surface area contributed by atoms with E-state index in [-0.39, 0.29) is 0 Å². The van der Waals surface area contributed by atoms with Gasteiger partial charge in [0.1, 0.15) is 0 Å². The molecule has 1 rings (SSSR count). The van der Waals surface area contributed by atoms with Crippen molar-refractivity contribution in [2.24, 2.45) is 0 Å². The van der Waals surface area contributed by atoms with Gasteiger partial charge in [-0.25, -0.2) is 0 Å². The van der Waals surface area contributed by atoms with E-state index in [9.17, 15) is 26.9 Å². The number of nitrogens with zero attached hydrogens (tertiary/aromatic N) is 1. The largest absolute Gasteiger partial charge is 0.378 e. The highest BCUT2D eigenvalue weighted by molar-refractivity contribution is 7.86. The zero-order valence-electron chi connectivity index (χ0n) is 9.76. The van der Waals surface area contributed by atoms with E-state index in [1.165, 1.54) is 0 Å². The maximum absolute atomic E-state index is 11.0. The number of para-hydroxylation sites is 1. The molecule has 9 nitrogen and oxygen atoms in total. The topological polar surface area (TPSA) is 130 Å². The third kappa shape index (κ3) is 4.71. The predicted octanol–water partition coefficient (Wildman–Crippen LogP) is 0.272. The smallest absolute Gasteiger partial charge is 0.316 e. The molecule has 0 amide bonds. The van der Waals surface area contributed by atoms with Gasteiger partial charge in [-0.15, -0.1) is 0 Å². The second-order valence-corrected chi connectivity index (χ2v) is 6.59. The molecule has 0 saturated carbocycles. The van der Waals surface area contributed by atoms with Crippen LogP contribution in [0.2, 0.25) is 0 Å². The predicted molar refractivity (Wildman–Crippen MR) is 64.0 cm³/mol. The molecule has 0 heterocycles. The molecule has 19 heavy (non-hydrogen) atoms. The van der Waals surface area contributed by atoms with Crippen LogP contribution in [0, 0.1) is 10.1 Å². The minimum absolute atomic E-state index is 0.581. The van der Waals surface area contributed by atoms with Crippen LogP contribution in [0.3, 0.4) is 0 Å². The third-order valence-electron chi connectivity index (χ3n) is 1.63. The molecule has 0 saturated heterocycles. The lowest BCUT2D eigenvalue weighted by Crippen LogP contribution is -2.11. The molecule has 1 aromatic carbocycles. The van der Waals surface area contributed by atoms with E-state index in [0.717, 1.165) is 18.2 Å². The van der Waals surface area contributed by atoms with Crippen molar-refractivity contribution in [1.82, 2.24) is 0 Å². The van der Waals surface area contributed by atoms with Gasteiger partial charge in [-0.05, 0) is 6.07 Å². The summed E-state index contributed by atoms with van der Waals surface area (Å²) in [6.45, 7) is 0. The zero-order chi connectivity index (χ0) is 14.8. The number of hydrogen-bond acceptors (Lipinski definition) is 8. The van der Waals surface area contributed by atoms with Crippen LogP contribution < -0.4 is 8.37 Å². The summed E-state index contributed by atoms with van der Waals surface area (Å²) >= 11 is 0. The highest BCUT2D eigenvalue weighted by Gasteiger charge is 2.25. The molecule has 0 aliphatic heterocycles. The van der Waals surface area contributed by atoms with Crippen molar-refractivity contribution in [3.63, 3.8) is 0 Å². The van der Waals surface area contributed by atoms with Crippen molar-refractivity contribution in [2.45, 2.75) is 0 Å². The molecular weight excluding hydrogens is 302 g/mol. The molecule has 0 bridgehead atoms. The van der Waals surface area contributed by atoms with Crippen molar-refractivity contribution >= 4 is 25.9 Å². The highest BCUT2D eigenvalue weighted by Crippen LogP contribution is 2.38. The van der Waals surface area contributed by atoms with Crippen molar-refractivity contribution in [3.05, 3.63) is 28.3 Å². The quantitative estimate of drug-likeness (QED) is 0.430. The molecule has 0 spiro atoms. The van der Waals surface area contributed by atoms with Gasteiger partial charge in [-0.3, -0.25) is 10.1 Å². The Morgan fingerprint density at radius 1 is 1.05 bits per heavy atom. The minimum atomic E-state index is -4.09. The summed E-state index contributed by atoms with van der Waals surface area (Å²) in [5.41, 5.74) is -0.730. The van der Waals surface area contributed by atoms with E-state index in [1.54, 1.807) is 0 Å². The fourth-order valence-electron chi connectivity index (χ4n) is 1.11. The summed E-state index contributed by atoms with van der Waals surface area (Å²) in [5.74, 6) is -1.37. The molecule has 0 aromatic heterocycles. The third-order valence-corrected chi connectivity index (χ3v) is 2.58. The Bertz CT molecular complexity index is 706. The lowest BCUT2D eigenvalue weighted by molar-refractivity contribution is -0.385. The van der Waals surface area contributed by atoms with Crippen LogP contribution in [0.25, 0.3) is 0 Å². The first-order valence-electron chi connectivity index (χ1n) is 4.56. The molecule has 1 aromatic rings. The van der Waals surface area contributed by atoms with Crippen LogP contribution >= 0.6 is 0 Å². The van der Waals surface area contributed by atoms with Gasteiger partial charge in [-0.1, -0.05) is 6.07 Å². The average Bonchev–Trinajstić information content (AvgIpc) is 2.15. The molecule has 0 N–H and O–H groups in total. The molecule has 0 fully saturated rings. The summed E-state index contributed by atoms with van der Waals surface area (Å²) < 4.78 is 53.0. The fourth-order valence-corrected chi connectivity index (χ4v) is 2.04. The number of hydrogen-bond donors (Lipinski definition) is 0. The molecule has 106 valence electrons. The van der Waals surface area contributed by atoms with Crippen LogP contribution in [0.1, 0.15) is 0 Å². The molecular formula is C8H9NO8S2. The highest BCUT2D eigenvalue weighted by atomic mass is 32.2. The van der Waals surface area contributed by atoms with Crippen LogP contribution in [-0.4, -0.2) is 34.3 Å². The van der Waals surface area contributed by atoms with E-state index in [1.807, 2.05) is 0 Å². The van der Waals surface area contributed by atoms with Gasteiger partial charge in [0.25, 0.3) is 5.75 Å². The molecule has 0 aliphatic rings. The SMILES string of the molecule is CS(=O)(=O)Oc1cccc([N+](=O)[O-])c1OS(C)(=O)=O. The van der Waals surface area contributed by atoms with Gasteiger partial charge in [-0.2, -0.15) is 16.8 Å². The number of benzene rings is 1. The van der Waals surface area contributed by atoms with E-state index in [4.69, 9.17) is 0 Å². The Morgan fingerprint density at radius 3 is 2.00 bits per heavy atom. The Hall–Kier alpha value is -1.88. The maximum atomic E-state index is 11.0. The van der Waals surface area contributed by atoms with Crippen molar-refractivity contribution in [1.29, 1.82) is 0 Å². The van der Waals surface area contributed by atoms with Crippen LogP contribution in [0.15, 0.2) is 18.2 Å².